The highest BCUT2D eigenvalue weighted by Crippen LogP contribution is 2.45. The molecule has 2 heterocycles. The highest BCUT2D eigenvalue weighted by atomic mass is 32.2. The summed E-state index contributed by atoms with van der Waals surface area (Å²) in [6, 6.07) is 12.6. The van der Waals surface area contributed by atoms with Gasteiger partial charge in [0.25, 0.3) is 0 Å². The first-order chi connectivity index (χ1) is 19.5. The van der Waals surface area contributed by atoms with Crippen LogP contribution in [0.15, 0.2) is 42.5 Å². The van der Waals surface area contributed by atoms with Gasteiger partial charge in [-0.2, -0.15) is 4.31 Å². The fourth-order valence-corrected chi connectivity index (χ4v) is 7.13. The number of aryl methyl sites for hydroxylation is 2. The fraction of sp³-hybridized carbons (Fsp3) is 0.387. The Morgan fingerprint density at radius 1 is 1.07 bits per heavy atom. The van der Waals surface area contributed by atoms with Crippen LogP contribution in [0, 0.1) is 19.7 Å². The van der Waals surface area contributed by atoms with Crippen molar-refractivity contribution in [3.05, 3.63) is 76.1 Å². The van der Waals surface area contributed by atoms with E-state index in [1.807, 2.05) is 38.1 Å². The van der Waals surface area contributed by atoms with Gasteiger partial charge in [-0.1, -0.05) is 12.1 Å². The maximum Gasteiger partial charge on any atom is 0.304 e. The van der Waals surface area contributed by atoms with E-state index in [1.165, 1.54) is 16.6 Å². The van der Waals surface area contributed by atoms with Crippen LogP contribution >= 0.6 is 0 Å². The molecule has 3 aromatic rings. The minimum absolute atomic E-state index is 0.00546. The van der Waals surface area contributed by atoms with E-state index in [-0.39, 0.29) is 24.3 Å². The zero-order valence-electron chi connectivity index (χ0n) is 23.1. The number of carbonyl (C=O) groups is 1. The van der Waals surface area contributed by atoms with Gasteiger partial charge in [0.2, 0.25) is 10.0 Å². The Balaban J connectivity index is 1.23. The lowest BCUT2D eigenvalue weighted by Gasteiger charge is -2.37. The maximum atomic E-state index is 15.3. The molecule has 0 saturated carbocycles. The van der Waals surface area contributed by atoms with E-state index in [2.05, 4.69) is 0 Å². The van der Waals surface area contributed by atoms with E-state index in [1.54, 1.807) is 12.1 Å². The number of carboxylic acid groups (broad SMARTS) is 1. The number of hydrogen-bond acceptors (Lipinski definition) is 6. The summed E-state index contributed by atoms with van der Waals surface area (Å²) >= 11 is 0. The number of rotatable bonds is 8. The standard InChI is InChI=1S/C31H32FNO7S/c1-17-10-21(39-22-14-33(15-22)41(3,36)37)11-18(2)30(17)24-6-8-26(32)31-25(24)7-9-27(31)40-20-4-5-23-19(12-29(34)35)16-38-28(23)13-20/h4-6,8,10-11,13,19,22,27H,7,9,12,14-16H2,1-3H3,(H,34,35). The van der Waals surface area contributed by atoms with Gasteiger partial charge in [0.1, 0.15) is 35.3 Å². The number of ether oxygens (including phenoxy) is 3. The van der Waals surface area contributed by atoms with Gasteiger partial charge in [0.15, 0.2) is 0 Å². The minimum atomic E-state index is -3.21. The molecule has 6 rings (SSSR count). The molecule has 0 amide bonds. The molecule has 2 unspecified atom stereocenters. The third kappa shape index (κ3) is 5.26. The van der Waals surface area contributed by atoms with Gasteiger partial charge in [0.05, 0.1) is 32.4 Å². The number of hydrogen-bond donors (Lipinski definition) is 1. The summed E-state index contributed by atoms with van der Waals surface area (Å²) in [7, 11) is -3.21. The molecular formula is C31H32FNO7S. The Morgan fingerprint density at radius 3 is 2.49 bits per heavy atom. The largest absolute Gasteiger partial charge is 0.492 e. The molecule has 8 nitrogen and oxygen atoms in total. The van der Waals surface area contributed by atoms with Crippen molar-refractivity contribution in [2.45, 2.75) is 51.2 Å². The lowest BCUT2D eigenvalue weighted by Crippen LogP contribution is -2.55. The highest BCUT2D eigenvalue weighted by Gasteiger charge is 2.35. The highest BCUT2D eigenvalue weighted by molar-refractivity contribution is 7.88. The number of nitrogens with zero attached hydrogens (tertiary/aromatic N) is 1. The van der Waals surface area contributed by atoms with Crippen LogP contribution in [-0.2, 0) is 21.2 Å². The molecule has 0 bridgehead atoms. The van der Waals surface area contributed by atoms with Gasteiger partial charge >= 0.3 is 5.97 Å². The Bertz CT molecular complexity index is 1630. The lowest BCUT2D eigenvalue weighted by atomic mass is 9.90. The molecule has 0 radical (unpaired) electrons. The number of halogens is 1. The number of aliphatic carboxylic acids is 1. The summed E-state index contributed by atoms with van der Waals surface area (Å²) in [6.45, 7) is 4.99. The predicted molar refractivity (Wildman–Crippen MR) is 151 cm³/mol. The van der Waals surface area contributed by atoms with E-state index in [9.17, 15) is 13.2 Å². The van der Waals surface area contributed by atoms with Crippen molar-refractivity contribution in [3.8, 4) is 28.4 Å². The minimum Gasteiger partial charge on any atom is -0.492 e. The van der Waals surface area contributed by atoms with Crippen LogP contribution in [0.1, 0.15) is 52.7 Å². The van der Waals surface area contributed by atoms with E-state index in [4.69, 9.17) is 19.3 Å². The molecule has 1 fully saturated rings. The average molecular weight is 582 g/mol. The van der Waals surface area contributed by atoms with Crippen LogP contribution in [0.2, 0.25) is 0 Å². The second kappa shape index (κ2) is 10.3. The van der Waals surface area contributed by atoms with E-state index in [0.29, 0.717) is 55.4 Å². The monoisotopic (exact) mass is 581 g/mol. The van der Waals surface area contributed by atoms with Crippen LogP contribution in [0.4, 0.5) is 4.39 Å². The Labute approximate surface area is 238 Å². The molecule has 3 aliphatic rings. The Hall–Kier alpha value is -3.63. The number of carboxylic acids is 1. The number of benzene rings is 3. The van der Waals surface area contributed by atoms with Crippen molar-refractivity contribution in [2.24, 2.45) is 0 Å². The topological polar surface area (TPSA) is 102 Å². The van der Waals surface area contributed by atoms with Gasteiger partial charge in [-0.15, -0.1) is 0 Å². The zero-order valence-corrected chi connectivity index (χ0v) is 24.0. The molecule has 216 valence electrons. The first kappa shape index (κ1) is 27.5. The summed E-state index contributed by atoms with van der Waals surface area (Å²) < 4.78 is 58.1. The molecule has 0 aromatic heterocycles. The quantitative estimate of drug-likeness (QED) is 0.393. The number of sulfonamides is 1. The second-order valence-corrected chi connectivity index (χ2v) is 13.2. The van der Waals surface area contributed by atoms with E-state index < -0.39 is 22.1 Å². The normalized spacial score (nSPS) is 20.2. The molecule has 41 heavy (non-hydrogen) atoms. The van der Waals surface area contributed by atoms with E-state index >= 15 is 4.39 Å². The van der Waals surface area contributed by atoms with Crippen molar-refractivity contribution in [3.63, 3.8) is 0 Å². The van der Waals surface area contributed by atoms with Crippen LogP contribution in [0.25, 0.3) is 11.1 Å². The molecule has 1 aliphatic carbocycles. The summed E-state index contributed by atoms with van der Waals surface area (Å²) in [4.78, 5) is 11.2. The van der Waals surface area contributed by atoms with Crippen LogP contribution in [0.5, 0.6) is 17.2 Å². The van der Waals surface area contributed by atoms with Gasteiger partial charge in [-0.3, -0.25) is 4.79 Å². The summed E-state index contributed by atoms with van der Waals surface area (Å²) in [5.74, 6) is 0.491. The lowest BCUT2D eigenvalue weighted by molar-refractivity contribution is -0.137. The summed E-state index contributed by atoms with van der Waals surface area (Å²) in [5.41, 5.74) is 6.31. The predicted octanol–water partition coefficient (Wildman–Crippen LogP) is 5.15. The van der Waals surface area contributed by atoms with Crippen molar-refractivity contribution < 1.29 is 36.9 Å². The SMILES string of the molecule is Cc1cc(OC2CN(S(C)(=O)=O)C2)cc(C)c1-c1ccc(F)c2c1CCC2Oc1ccc2c(c1)OCC2CC(=O)O. The molecule has 1 saturated heterocycles. The Kier molecular flexibility index (Phi) is 6.94. The van der Waals surface area contributed by atoms with Gasteiger partial charge in [0, 0.05) is 23.1 Å². The molecule has 2 aliphatic heterocycles. The number of fused-ring (bicyclic) bond motifs is 2. The third-order valence-electron chi connectivity index (χ3n) is 8.21. The van der Waals surface area contributed by atoms with Crippen LogP contribution in [0.3, 0.4) is 0 Å². The van der Waals surface area contributed by atoms with Crippen molar-refractivity contribution >= 4 is 16.0 Å². The van der Waals surface area contributed by atoms with Crippen LogP contribution < -0.4 is 14.2 Å². The summed E-state index contributed by atoms with van der Waals surface area (Å²) in [6.07, 6.45) is 1.85. The average Bonchev–Trinajstić information content (AvgIpc) is 3.46. The van der Waals surface area contributed by atoms with Gasteiger partial charge in [-0.25, -0.2) is 12.8 Å². The summed E-state index contributed by atoms with van der Waals surface area (Å²) in [5, 5.41) is 9.15. The van der Waals surface area contributed by atoms with Gasteiger partial charge < -0.3 is 19.3 Å². The second-order valence-electron chi connectivity index (χ2n) is 11.2. The van der Waals surface area contributed by atoms with Crippen molar-refractivity contribution in [1.82, 2.24) is 4.31 Å². The first-order valence-corrected chi connectivity index (χ1v) is 15.5. The van der Waals surface area contributed by atoms with Crippen LogP contribution in [-0.4, -0.2) is 55.9 Å². The van der Waals surface area contributed by atoms with Gasteiger partial charge in [-0.05, 0) is 78.8 Å². The maximum absolute atomic E-state index is 15.3. The zero-order chi connectivity index (χ0) is 29.1. The molecule has 3 aromatic carbocycles. The first-order valence-electron chi connectivity index (χ1n) is 13.7. The van der Waals surface area contributed by atoms with Crippen molar-refractivity contribution in [2.75, 3.05) is 26.0 Å². The van der Waals surface area contributed by atoms with Crippen molar-refractivity contribution in [1.29, 1.82) is 0 Å². The third-order valence-corrected chi connectivity index (χ3v) is 9.44. The molecule has 10 heteroatoms. The smallest absolute Gasteiger partial charge is 0.304 e. The fourth-order valence-electron chi connectivity index (χ4n) is 6.25. The van der Waals surface area contributed by atoms with E-state index in [0.717, 1.165) is 33.4 Å². The molecule has 2 atom stereocenters. The molecule has 0 spiro atoms. The Morgan fingerprint density at radius 2 is 1.80 bits per heavy atom. The molecular weight excluding hydrogens is 549 g/mol. The molecule has 1 N–H and O–H groups in total.